The molecule has 0 aliphatic carbocycles. The second-order valence-electron chi connectivity index (χ2n) is 5.32. The molecule has 1 unspecified atom stereocenters. The highest BCUT2D eigenvalue weighted by Crippen LogP contribution is 2.13. The number of hydrogen-bond donors (Lipinski definition) is 1. The predicted octanol–water partition coefficient (Wildman–Crippen LogP) is 1.67. The number of rotatable bonds is 10. The Morgan fingerprint density at radius 2 is 1.72 bits per heavy atom. The maximum absolute atomic E-state index is 9.02. The summed E-state index contributed by atoms with van der Waals surface area (Å²) in [4.78, 5) is 4.66. The van der Waals surface area contributed by atoms with Gasteiger partial charge in [0.25, 0.3) is 0 Å². The Balaban J connectivity index is 3.84. The van der Waals surface area contributed by atoms with Gasteiger partial charge in [-0.05, 0) is 66.0 Å². The van der Waals surface area contributed by atoms with E-state index in [0.717, 1.165) is 45.4 Å². The van der Waals surface area contributed by atoms with E-state index in [2.05, 4.69) is 36.9 Å². The fourth-order valence-electron chi connectivity index (χ4n) is 1.97. The standard InChI is InChI=1S/C14H30N4/c1-5-14(16,13-15)9-7-11-18(6-2)12-8-10-17(3)4/h5-12,16H2,1-4H3. The molecule has 0 aliphatic heterocycles. The molecule has 0 rings (SSSR count). The van der Waals surface area contributed by atoms with Crippen molar-refractivity contribution in [3.8, 4) is 6.07 Å². The highest BCUT2D eigenvalue weighted by atomic mass is 15.1. The Bertz CT molecular complexity index is 247. The third-order valence-corrected chi connectivity index (χ3v) is 3.48. The molecular weight excluding hydrogens is 224 g/mol. The lowest BCUT2D eigenvalue weighted by Gasteiger charge is -2.24. The van der Waals surface area contributed by atoms with Gasteiger partial charge in [-0.2, -0.15) is 5.26 Å². The minimum Gasteiger partial charge on any atom is -0.313 e. The van der Waals surface area contributed by atoms with Crippen LogP contribution < -0.4 is 5.73 Å². The van der Waals surface area contributed by atoms with Crippen molar-refractivity contribution in [2.45, 2.75) is 45.1 Å². The molecule has 4 nitrogen and oxygen atoms in total. The van der Waals surface area contributed by atoms with Crippen LogP contribution in [0.2, 0.25) is 0 Å². The van der Waals surface area contributed by atoms with E-state index >= 15 is 0 Å². The molecule has 0 heterocycles. The number of hydrogen-bond acceptors (Lipinski definition) is 4. The van der Waals surface area contributed by atoms with Crippen molar-refractivity contribution in [2.24, 2.45) is 5.73 Å². The maximum atomic E-state index is 9.02. The molecule has 1 atom stereocenters. The van der Waals surface area contributed by atoms with Crippen molar-refractivity contribution in [2.75, 3.05) is 40.3 Å². The zero-order chi connectivity index (χ0) is 14.0. The average molecular weight is 254 g/mol. The molecule has 0 aliphatic rings. The monoisotopic (exact) mass is 254 g/mol. The molecule has 0 amide bonds. The van der Waals surface area contributed by atoms with E-state index in [1.54, 1.807) is 0 Å². The Hall–Kier alpha value is -0.630. The van der Waals surface area contributed by atoms with Crippen molar-refractivity contribution in [3.05, 3.63) is 0 Å². The molecule has 0 spiro atoms. The molecule has 0 aromatic rings. The third kappa shape index (κ3) is 7.65. The van der Waals surface area contributed by atoms with Gasteiger partial charge in [0.15, 0.2) is 0 Å². The molecule has 0 aromatic carbocycles. The van der Waals surface area contributed by atoms with Crippen LogP contribution in [0.4, 0.5) is 0 Å². The van der Waals surface area contributed by atoms with Gasteiger partial charge < -0.3 is 15.5 Å². The fraction of sp³-hybridized carbons (Fsp3) is 0.929. The summed E-state index contributed by atoms with van der Waals surface area (Å²) in [6, 6.07) is 2.23. The number of nitriles is 1. The minimum atomic E-state index is -0.622. The van der Waals surface area contributed by atoms with Gasteiger partial charge in [-0.3, -0.25) is 0 Å². The first-order valence-corrected chi connectivity index (χ1v) is 7.04. The molecule has 0 bridgehead atoms. The fourth-order valence-corrected chi connectivity index (χ4v) is 1.97. The summed E-state index contributed by atoms with van der Waals surface area (Å²) in [7, 11) is 4.21. The molecule has 106 valence electrons. The van der Waals surface area contributed by atoms with Crippen LogP contribution in [0.5, 0.6) is 0 Å². The molecular formula is C14H30N4. The molecule has 0 aromatic heterocycles. The molecule has 0 radical (unpaired) electrons. The topological polar surface area (TPSA) is 56.3 Å². The second-order valence-corrected chi connectivity index (χ2v) is 5.32. The molecule has 0 saturated carbocycles. The third-order valence-electron chi connectivity index (χ3n) is 3.48. The Morgan fingerprint density at radius 1 is 1.11 bits per heavy atom. The van der Waals surface area contributed by atoms with E-state index in [0.29, 0.717) is 0 Å². The lowest BCUT2D eigenvalue weighted by atomic mass is 9.93. The van der Waals surface area contributed by atoms with Crippen molar-refractivity contribution in [3.63, 3.8) is 0 Å². The Labute approximate surface area is 113 Å². The summed E-state index contributed by atoms with van der Waals surface area (Å²) in [5, 5.41) is 9.02. The SMILES string of the molecule is CCN(CCCN(C)C)CCCC(N)(C#N)CC. The van der Waals surface area contributed by atoms with Crippen LogP contribution in [-0.2, 0) is 0 Å². The van der Waals surface area contributed by atoms with Gasteiger partial charge >= 0.3 is 0 Å². The summed E-state index contributed by atoms with van der Waals surface area (Å²) in [6.45, 7) is 8.55. The summed E-state index contributed by atoms with van der Waals surface area (Å²) in [5.74, 6) is 0. The first-order chi connectivity index (χ1) is 8.47. The quantitative estimate of drug-likeness (QED) is 0.644. The van der Waals surface area contributed by atoms with Gasteiger partial charge in [0.2, 0.25) is 0 Å². The van der Waals surface area contributed by atoms with E-state index in [1.807, 2.05) is 6.92 Å². The zero-order valence-corrected chi connectivity index (χ0v) is 12.6. The molecule has 0 fully saturated rings. The van der Waals surface area contributed by atoms with Crippen LogP contribution >= 0.6 is 0 Å². The highest BCUT2D eigenvalue weighted by Gasteiger charge is 2.21. The minimum absolute atomic E-state index is 0.622. The highest BCUT2D eigenvalue weighted by molar-refractivity contribution is 5.03. The first-order valence-electron chi connectivity index (χ1n) is 7.04. The van der Waals surface area contributed by atoms with Crippen LogP contribution in [0, 0.1) is 11.3 Å². The Kier molecular flexibility index (Phi) is 8.99. The van der Waals surface area contributed by atoms with E-state index in [9.17, 15) is 0 Å². The van der Waals surface area contributed by atoms with Crippen molar-refractivity contribution < 1.29 is 0 Å². The van der Waals surface area contributed by atoms with Crippen LogP contribution in [0.1, 0.15) is 39.5 Å². The van der Waals surface area contributed by atoms with E-state index < -0.39 is 5.54 Å². The first kappa shape index (κ1) is 17.4. The molecule has 4 heteroatoms. The van der Waals surface area contributed by atoms with E-state index in [1.165, 1.54) is 6.42 Å². The average Bonchev–Trinajstić information content (AvgIpc) is 2.36. The second kappa shape index (κ2) is 9.32. The van der Waals surface area contributed by atoms with Crippen molar-refractivity contribution in [1.29, 1.82) is 5.26 Å². The largest absolute Gasteiger partial charge is 0.313 e. The molecule has 2 N–H and O–H groups in total. The summed E-state index contributed by atoms with van der Waals surface area (Å²) in [5.41, 5.74) is 5.36. The van der Waals surface area contributed by atoms with Crippen LogP contribution in [0.15, 0.2) is 0 Å². The lowest BCUT2D eigenvalue weighted by molar-refractivity contribution is 0.255. The van der Waals surface area contributed by atoms with Gasteiger partial charge in [0, 0.05) is 0 Å². The lowest BCUT2D eigenvalue weighted by Crippen LogP contribution is -2.38. The maximum Gasteiger partial charge on any atom is 0.104 e. The molecule has 0 saturated heterocycles. The normalized spacial score (nSPS) is 14.8. The van der Waals surface area contributed by atoms with Gasteiger partial charge in [0.05, 0.1) is 6.07 Å². The summed E-state index contributed by atoms with van der Waals surface area (Å²) < 4.78 is 0. The van der Waals surface area contributed by atoms with E-state index in [-0.39, 0.29) is 0 Å². The van der Waals surface area contributed by atoms with Crippen LogP contribution in [-0.4, -0.2) is 55.6 Å². The number of nitrogens with two attached hydrogens (primary N) is 1. The summed E-state index contributed by atoms with van der Waals surface area (Å²) >= 11 is 0. The smallest absolute Gasteiger partial charge is 0.104 e. The van der Waals surface area contributed by atoms with Crippen molar-refractivity contribution >= 4 is 0 Å². The van der Waals surface area contributed by atoms with Gasteiger partial charge in [-0.15, -0.1) is 0 Å². The van der Waals surface area contributed by atoms with Gasteiger partial charge in [-0.1, -0.05) is 13.8 Å². The summed E-state index contributed by atoms with van der Waals surface area (Å²) in [6.07, 6.45) is 3.73. The van der Waals surface area contributed by atoms with Crippen LogP contribution in [0.25, 0.3) is 0 Å². The predicted molar refractivity (Wildman–Crippen MR) is 77.3 cm³/mol. The van der Waals surface area contributed by atoms with Crippen LogP contribution in [0.3, 0.4) is 0 Å². The van der Waals surface area contributed by atoms with Crippen molar-refractivity contribution in [1.82, 2.24) is 9.80 Å². The van der Waals surface area contributed by atoms with Gasteiger partial charge in [0.1, 0.15) is 5.54 Å². The van der Waals surface area contributed by atoms with Gasteiger partial charge in [-0.25, -0.2) is 0 Å². The molecule has 18 heavy (non-hydrogen) atoms. The number of nitrogens with zero attached hydrogens (tertiary/aromatic N) is 3. The zero-order valence-electron chi connectivity index (χ0n) is 12.6. The van der Waals surface area contributed by atoms with E-state index in [4.69, 9.17) is 11.0 Å². The Morgan fingerprint density at radius 3 is 2.17 bits per heavy atom.